The molecule has 2 aliphatic heterocycles. The molecule has 188 valence electrons. The lowest BCUT2D eigenvalue weighted by atomic mass is 9.61. The Morgan fingerprint density at radius 1 is 1.06 bits per heavy atom. The van der Waals surface area contributed by atoms with E-state index in [4.69, 9.17) is 11.6 Å². The van der Waals surface area contributed by atoms with Crippen LogP contribution >= 0.6 is 11.6 Å². The fourth-order valence-electron chi connectivity index (χ4n) is 5.58. The summed E-state index contributed by atoms with van der Waals surface area (Å²) < 4.78 is 41.0. The number of hydrogen-bond acceptors (Lipinski definition) is 5. The van der Waals surface area contributed by atoms with E-state index in [0.29, 0.717) is 29.7 Å². The van der Waals surface area contributed by atoms with E-state index in [2.05, 4.69) is 9.80 Å². The Labute approximate surface area is 211 Å². The Balaban J connectivity index is 1.12. The summed E-state index contributed by atoms with van der Waals surface area (Å²) in [4.78, 5) is 18.3. The Kier molecular flexibility index (Phi) is 6.32. The van der Waals surface area contributed by atoms with Gasteiger partial charge in [0.1, 0.15) is 10.7 Å². The quantitative estimate of drug-likeness (QED) is 0.606. The van der Waals surface area contributed by atoms with Crippen molar-refractivity contribution < 1.29 is 17.6 Å². The highest BCUT2D eigenvalue weighted by Crippen LogP contribution is 2.52. The average molecular weight is 521 g/mol. The second-order valence-electron chi connectivity index (χ2n) is 10.2. The van der Waals surface area contributed by atoms with Crippen molar-refractivity contribution in [3.63, 3.8) is 0 Å². The van der Waals surface area contributed by atoms with E-state index < -0.39 is 15.8 Å². The first-order valence-corrected chi connectivity index (χ1v) is 13.7. The summed E-state index contributed by atoms with van der Waals surface area (Å²) in [6.45, 7) is 4.53. The number of piperazine rings is 1. The van der Waals surface area contributed by atoms with E-state index in [1.807, 2.05) is 12.1 Å². The van der Waals surface area contributed by atoms with Gasteiger partial charge in [0.2, 0.25) is 10.0 Å². The summed E-state index contributed by atoms with van der Waals surface area (Å²) in [5.41, 5.74) is 1.55. The van der Waals surface area contributed by atoms with E-state index in [1.165, 1.54) is 27.4 Å². The molecule has 1 amide bonds. The Hall–Kier alpha value is -2.20. The Morgan fingerprint density at radius 3 is 2.31 bits per heavy atom. The third-order valence-electron chi connectivity index (χ3n) is 7.60. The van der Waals surface area contributed by atoms with Crippen molar-refractivity contribution in [1.29, 1.82) is 0 Å². The molecule has 2 aromatic carbocycles. The van der Waals surface area contributed by atoms with Crippen LogP contribution in [0.15, 0.2) is 47.4 Å². The molecule has 2 heterocycles. The van der Waals surface area contributed by atoms with Gasteiger partial charge in [-0.15, -0.1) is 0 Å². The number of carbonyl (C=O) groups is 1. The molecule has 1 saturated carbocycles. The van der Waals surface area contributed by atoms with Crippen LogP contribution in [0.5, 0.6) is 0 Å². The van der Waals surface area contributed by atoms with Gasteiger partial charge in [-0.25, -0.2) is 12.8 Å². The molecule has 0 bridgehead atoms. The van der Waals surface area contributed by atoms with Crippen LogP contribution < -0.4 is 4.90 Å². The predicted octanol–water partition coefficient (Wildman–Crippen LogP) is 3.16. The van der Waals surface area contributed by atoms with Gasteiger partial charge in [0.25, 0.3) is 5.91 Å². The number of carbonyl (C=O) groups excluding carboxylic acids is 1. The summed E-state index contributed by atoms with van der Waals surface area (Å²) in [6.07, 6.45) is 1.95. The predicted molar refractivity (Wildman–Crippen MR) is 134 cm³/mol. The van der Waals surface area contributed by atoms with Gasteiger partial charge in [0.15, 0.2) is 0 Å². The molecule has 35 heavy (non-hydrogen) atoms. The molecule has 10 heteroatoms. The first-order valence-electron chi connectivity index (χ1n) is 11.8. The van der Waals surface area contributed by atoms with Crippen molar-refractivity contribution in [2.45, 2.75) is 23.8 Å². The van der Waals surface area contributed by atoms with E-state index in [-0.39, 0.29) is 16.2 Å². The van der Waals surface area contributed by atoms with Gasteiger partial charge in [-0.1, -0.05) is 23.7 Å². The van der Waals surface area contributed by atoms with Gasteiger partial charge < -0.3 is 9.80 Å². The van der Waals surface area contributed by atoms with Gasteiger partial charge >= 0.3 is 0 Å². The van der Waals surface area contributed by atoms with Crippen LogP contribution in [0.3, 0.4) is 0 Å². The summed E-state index contributed by atoms with van der Waals surface area (Å²) >= 11 is 6.39. The summed E-state index contributed by atoms with van der Waals surface area (Å²) in [7, 11) is -0.358. The third-order valence-corrected chi connectivity index (χ3v) is 9.74. The fraction of sp³-hybridized carbons (Fsp3) is 0.480. The normalized spacial score (nSPS) is 21.0. The van der Waals surface area contributed by atoms with Crippen LogP contribution in [-0.2, 0) is 10.0 Å². The molecule has 3 aliphatic rings. The number of halogens is 2. The van der Waals surface area contributed by atoms with Gasteiger partial charge in [-0.3, -0.25) is 9.69 Å². The lowest BCUT2D eigenvalue weighted by Crippen LogP contribution is -2.68. The molecule has 0 atom stereocenters. The average Bonchev–Trinajstić information content (AvgIpc) is 2.77. The van der Waals surface area contributed by atoms with Gasteiger partial charge in [-0.05, 0) is 43.2 Å². The van der Waals surface area contributed by atoms with Crippen molar-refractivity contribution in [2.24, 2.45) is 5.41 Å². The van der Waals surface area contributed by atoms with Crippen LogP contribution in [0.1, 0.15) is 23.2 Å². The number of sulfonamides is 1. The van der Waals surface area contributed by atoms with Crippen LogP contribution in [-0.4, -0.2) is 87.8 Å². The first-order chi connectivity index (χ1) is 16.6. The number of anilines is 1. The number of benzene rings is 2. The smallest absolute Gasteiger partial charge is 0.254 e. The lowest BCUT2D eigenvalue weighted by Gasteiger charge is -2.61. The van der Waals surface area contributed by atoms with E-state index in [1.54, 1.807) is 26.2 Å². The molecule has 5 rings (SSSR count). The summed E-state index contributed by atoms with van der Waals surface area (Å²) in [5, 5.41) is 0.462. The molecule has 2 saturated heterocycles. The molecule has 0 unspecified atom stereocenters. The zero-order chi connectivity index (χ0) is 25.0. The monoisotopic (exact) mass is 520 g/mol. The molecule has 7 nitrogen and oxygen atoms in total. The minimum Gasteiger partial charge on any atom is -0.369 e. The molecule has 1 spiro atoms. The number of amides is 1. The maximum atomic E-state index is 14.0. The van der Waals surface area contributed by atoms with Gasteiger partial charge in [0, 0.05) is 70.5 Å². The topological polar surface area (TPSA) is 64.2 Å². The van der Waals surface area contributed by atoms with Crippen molar-refractivity contribution in [3.05, 3.63) is 58.9 Å². The zero-order valence-electron chi connectivity index (χ0n) is 20.0. The Morgan fingerprint density at radius 2 is 1.71 bits per heavy atom. The third kappa shape index (κ3) is 4.43. The SMILES string of the molecule is CN(C)C(=O)c1ccc(N2CCN(C3CC4(C3)CN(S(=O)(=O)c3ccccc3F)C4)CC2)cc1Cl. The van der Waals surface area contributed by atoms with E-state index in [0.717, 1.165) is 44.7 Å². The zero-order valence-corrected chi connectivity index (χ0v) is 21.5. The fourth-order valence-corrected chi connectivity index (χ4v) is 7.57. The molecule has 0 aromatic heterocycles. The maximum absolute atomic E-state index is 14.0. The van der Waals surface area contributed by atoms with Crippen molar-refractivity contribution in [1.82, 2.24) is 14.1 Å². The lowest BCUT2D eigenvalue weighted by molar-refractivity contribution is -0.0762. The molecule has 0 N–H and O–H groups in total. The number of hydrogen-bond donors (Lipinski definition) is 0. The van der Waals surface area contributed by atoms with Crippen molar-refractivity contribution in [2.75, 3.05) is 58.3 Å². The van der Waals surface area contributed by atoms with Crippen LogP contribution in [0.25, 0.3) is 0 Å². The minimum absolute atomic E-state index is 0.0302. The number of nitrogens with zero attached hydrogens (tertiary/aromatic N) is 4. The molecule has 2 aromatic rings. The van der Waals surface area contributed by atoms with E-state index >= 15 is 0 Å². The van der Waals surface area contributed by atoms with Crippen LogP contribution in [0, 0.1) is 11.2 Å². The number of rotatable bonds is 5. The largest absolute Gasteiger partial charge is 0.369 e. The van der Waals surface area contributed by atoms with Crippen LogP contribution in [0.2, 0.25) is 5.02 Å². The van der Waals surface area contributed by atoms with Crippen molar-refractivity contribution >= 4 is 33.2 Å². The molecular formula is C25H30ClFN4O3S. The second kappa shape index (κ2) is 9.03. The summed E-state index contributed by atoms with van der Waals surface area (Å²) in [5.74, 6) is -0.806. The highest BCUT2D eigenvalue weighted by Gasteiger charge is 2.57. The molecule has 0 radical (unpaired) electrons. The highest BCUT2D eigenvalue weighted by atomic mass is 35.5. The van der Waals surface area contributed by atoms with Gasteiger partial charge in [0.05, 0.1) is 10.6 Å². The van der Waals surface area contributed by atoms with E-state index in [9.17, 15) is 17.6 Å². The highest BCUT2D eigenvalue weighted by molar-refractivity contribution is 7.89. The van der Waals surface area contributed by atoms with Gasteiger partial charge in [-0.2, -0.15) is 4.31 Å². The van der Waals surface area contributed by atoms with Crippen molar-refractivity contribution in [3.8, 4) is 0 Å². The standard InChI is InChI=1S/C25H30ClFN4O3S/c1-28(2)24(32)20-8-7-18(13-21(20)26)29-9-11-30(12-10-29)19-14-25(15-19)16-31(17-25)35(33,34)23-6-4-3-5-22(23)27/h3-8,13,19H,9-12,14-17H2,1-2H3. The molecule has 1 aliphatic carbocycles. The minimum atomic E-state index is -3.77. The molecule has 3 fully saturated rings. The maximum Gasteiger partial charge on any atom is 0.254 e. The van der Waals surface area contributed by atoms with Crippen LogP contribution in [0.4, 0.5) is 10.1 Å². The molecular weight excluding hydrogens is 491 g/mol. The Bertz CT molecular complexity index is 1230. The summed E-state index contributed by atoms with van der Waals surface area (Å²) in [6, 6.07) is 11.6. The first kappa shape index (κ1) is 24.5. The second-order valence-corrected chi connectivity index (χ2v) is 12.5.